The van der Waals surface area contributed by atoms with Crippen molar-refractivity contribution in [3.8, 4) is 0 Å². The van der Waals surface area contributed by atoms with Crippen LogP contribution >= 0.6 is 11.6 Å². The summed E-state index contributed by atoms with van der Waals surface area (Å²) in [5, 5.41) is 7.12. The van der Waals surface area contributed by atoms with Crippen LogP contribution in [0.25, 0.3) is 11.0 Å². The van der Waals surface area contributed by atoms with E-state index < -0.39 is 0 Å². The smallest absolute Gasteiger partial charge is 0.319 e. The molecule has 3 aromatic rings. The molecule has 1 heterocycles. The Bertz CT molecular complexity index is 824. The summed E-state index contributed by atoms with van der Waals surface area (Å²) >= 11 is 6.12. The van der Waals surface area contributed by atoms with Crippen LogP contribution < -0.4 is 10.6 Å². The largest absolute Gasteiger partial charge is 0.459 e. The highest BCUT2D eigenvalue weighted by molar-refractivity contribution is 6.33. The Morgan fingerprint density at radius 3 is 2.70 bits per heavy atom. The second-order valence-electron chi connectivity index (χ2n) is 5.49. The fourth-order valence-electron chi connectivity index (χ4n) is 2.36. The number of carbonyl (C=O) groups excluding carboxylic acids is 1. The number of benzene rings is 2. The molecule has 0 saturated carbocycles. The maximum absolute atomic E-state index is 12.1. The summed E-state index contributed by atoms with van der Waals surface area (Å²) in [5.74, 6) is 0.705. The van der Waals surface area contributed by atoms with Crippen LogP contribution in [-0.2, 0) is 0 Å². The van der Waals surface area contributed by atoms with Crippen LogP contribution in [0, 0.1) is 6.92 Å². The minimum Gasteiger partial charge on any atom is -0.459 e. The van der Waals surface area contributed by atoms with Crippen molar-refractivity contribution in [1.82, 2.24) is 5.32 Å². The topological polar surface area (TPSA) is 54.3 Å². The van der Waals surface area contributed by atoms with E-state index in [1.54, 1.807) is 12.1 Å². The predicted molar refractivity (Wildman–Crippen MR) is 93.0 cm³/mol. The molecule has 0 fully saturated rings. The minimum atomic E-state index is -0.330. The number of fused-ring (bicyclic) bond motifs is 1. The molecule has 23 heavy (non-hydrogen) atoms. The summed E-state index contributed by atoms with van der Waals surface area (Å²) in [7, 11) is 0. The van der Waals surface area contributed by atoms with Crippen molar-refractivity contribution >= 4 is 34.3 Å². The monoisotopic (exact) mass is 328 g/mol. The van der Waals surface area contributed by atoms with E-state index in [1.165, 1.54) is 0 Å². The highest BCUT2D eigenvalue weighted by Crippen LogP contribution is 2.25. The SMILES string of the molecule is Cc1ccc(NC(=O)NC(C)c2cc3ccccc3o2)c(Cl)c1. The molecule has 2 amide bonds. The molecule has 118 valence electrons. The first-order chi connectivity index (χ1) is 11.0. The second-order valence-corrected chi connectivity index (χ2v) is 5.90. The molecule has 2 aromatic carbocycles. The molecule has 0 radical (unpaired) electrons. The van der Waals surface area contributed by atoms with Gasteiger partial charge >= 0.3 is 6.03 Å². The van der Waals surface area contributed by atoms with Gasteiger partial charge in [0.05, 0.1) is 16.8 Å². The van der Waals surface area contributed by atoms with Crippen LogP contribution in [0.15, 0.2) is 52.9 Å². The van der Waals surface area contributed by atoms with Crippen LogP contribution in [0.5, 0.6) is 0 Å². The average Bonchev–Trinajstić information content (AvgIpc) is 2.94. The summed E-state index contributed by atoms with van der Waals surface area (Å²) < 4.78 is 5.75. The van der Waals surface area contributed by atoms with Gasteiger partial charge in [0.25, 0.3) is 0 Å². The number of furan rings is 1. The summed E-state index contributed by atoms with van der Waals surface area (Å²) in [6, 6.07) is 14.6. The fraction of sp³-hybridized carbons (Fsp3) is 0.167. The minimum absolute atomic E-state index is 0.258. The number of amides is 2. The summed E-state index contributed by atoms with van der Waals surface area (Å²) in [6.07, 6.45) is 0. The van der Waals surface area contributed by atoms with Crippen LogP contribution in [0.3, 0.4) is 0 Å². The molecule has 0 bridgehead atoms. The standard InChI is InChI=1S/C18H17ClN2O2/c1-11-7-8-15(14(19)9-11)21-18(22)20-12(2)17-10-13-5-3-4-6-16(13)23-17/h3-10,12H,1-2H3,(H2,20,21,22). The van der Waals surface area contributed by atoms with Crippen molar-refractivity contribution in [2.24, 2.45) is 0 Å². The van der Waals surface area contributed by atoms with Gasteiger partial charge in [-0.3, -0.25) is 0 Å². The molecule has 1 aromatic heterocycles. The first-order valence-corrected chi connectivity index (χ1v) is 7.73. The third-order valence-corrected chi connectivity index (χ3v) is 3.90. The maximum Gasteiger partial charge on any atom is 0.319 e. The summed E-state index contributed by atoms with van der Waals surface area (Å²) in [6.45, 7) is 3.81. The third kappa shape index (κ3) is 3.48. The van der Waals surface area contributed by atoms with Gasteiger partial charge in [-0.25, -0.2) is 4.79 Å². The van der Waals surface area contributed by atoms with Gasteiger partial charge in [-0.2, -0.15) is 0 Å². The molecular formula is C18H17ClN2O2. The molecule has 2 N–H and O–H groups in total. The number of para-hydroxylation sites is 1. The van der Waals surface area contributed by atoms with Crippen molar-refractivity contribution in [3.05, 3.63) is 64.9 Å². The van der Waals surface area contributed by atoms with E-state index >= 15 is 0 Å². The molecular weight excluding hydrogens is 312 g/mol. The predicted octanol–water partition coefficient (Wildman–Crippen LogP) is 5.28. The van der Waals surface area contributed by atoms with E-state index in [2.05, 4.69) is 10.6 Å². The fourth-order valence-corrected chi connectivity index (χ4v) is 2.65. The molecule has 0 spiro atoms. The zero-order valence-corrected chi connectivity index (χ0v) is 13.6. The molecule has 1 atom stereocenters. The number of hydrogen-bond donors (Lipinski definition) is 2. The van der Waals surface area contributed by atoms with E-state index in [-0.39, 0.29) is 12.1 Å². The lowest BCUT2D eigenvalue weighted by Crippen LogP contribution is -2.31. The molecule has 0 aliphatic carbocycles. The summed E-state index contributed by atoms with van der Waals surface area (Å²) in [5.41, 5.74) is 2.42. The van der Waals surface area contributed by atoms with Gasteiger partial charge in [0, 0.05) is 5.39 Å². The Morgan fingerprint density at radius 2 is 1.96 bits per heavy atom. The molecule has 5 heteroatoms. The van der Waals surface area contributed by atoms with Gasteiger partial charge in [-0.1, -0.05) is 35.9 Å². The number of halogens is 1. The number of hydrogen-bond acceptors (Lipinski definition) is 2. The van der Waals surface area contributed by atoms with Gasteiger partial charge in [0.2, 0.25) is 0 Å². The Hall–Kier alpha value is -2.46. The van der Waals surface area contributed by atoms with Gasteiger partial charge < -0.3 is 15.1 Å². The molecule has 0 aliphatic rings. The molecule has 3 rings (SSSR count). The number of anilines is 1. The van der Waals surface area contributed by atoms with E-state index in [1.807, 2.05) is 50.2 Å². The highest BCUT2D eigenvalue weighted by atomic mass is 35.5. The number of carbonyl (C=O) groups is 1. The third-order valence-electron chi connectivity index (χ3n) is 3.59. The lowest BCUT2D eigenvalue weighted by atomic mass is 10.2. The number of urea groups is 1. The van der Waals surface area contributed by atoms with Gasteiger partial charge in [-0.15, -0.1) is 0 Å². The van der Waals surface area contributed by atoms with Crippen LogP contribution in [0.1, 0.15) is 24.3 Å². The van der Waals surface area contributed by atoms with Gasteiger partial charge in [0.15, 0.2) is 0 Å². The lowest BCUT2D eigenvalue weighted by molar-refractivity contribution is 0.248. The number of aryl methyl sites for hydroxylation is 1. The average molecular weight is 329 g/mol. The quantitative estimate of drug-likeness (QED) is 0.687. The Morgan fingerprint density at radius 1 is 1.17 bits per heavy atom. The molecule has 1 unspecified atom stereocenters. The van der Waals surface area contributed by atoms with Crippen molar-refractivity contribution in [2.75, 3.05) is 5.32 Å². The van der Waals surface area contributed by atoms with Crippen molar-refractivity contribution in [1.29, 1.82) is 0 Å². The molecule has 4 nitrogen and oxygen atoms in total. The molecule has 0 aliphatic heterocycles. The van der Waals surface area contributed by atoms with E-state index in [0.29, 0.717) is 16.5 Å². The van der Waals surface area contributed by atoms with Crippen LogP contribution in [-0.4, -0.2) is 6.03 Å². The zero-order chi connectivity index (χ0) is 16.4. The first-order valence-electron chi connectivity index (χ1n) is 7.35. The zero-order valence-electron chi connectivity index (χ0n) is 12.9. The Balaban J connectivity index is 1.69. The van der Waals surface area contributed by atoms with Crippen molar-refractivity contribution < 1.29 is 9.21 Å². The van der Waals surface area contributed by atoms with Gasteiger partial charge in [-0.05, 0) is 43.7 Å². The van der Waals surface area contributed by atoms with E-state index in [9.17, 15) is 4.79 Å². The van der Waals surface area contributed by atoms with Crippen LogP contribution in [0.4, 0.5) is 10.5 Å². The normalized spacial score (nSPS) is 12.1. The summed E-state index contributed by atoms with van der Waals surface area (Å²) in [4.78, 5) is 12.1. The van der Waals surface area contributed by atoms with Crippen molar-refractivity contribution in [3.63, 3.8) is 0 Å². The molecule has 0 saturated heterocycles. The Kier molecular flexibility index (Phi) is 4.26. The van der Waals surface area contributed by atoms with Gasteiger partial charge in [0.1, 0.15) is 11.3 Å². The second kappa shape index (κ2) is 6.34. The lowest BCUT2D eigenvalue weighted by Gasteiger charge is -2.13. The number of nitrogens with one attached hydrogen (secondary N) is 2. The first kappa shape index (κ1) is 15.4. The Labute approximate surface area is 139 Å². The highest BCUT2D eigenvalue weighted by Gasteiger charge is 2.14. The maximum atomic E-state index is 12.1. The number of rotatable bonds is 3. The van der Waals surface area contributed by atoms with Crippen molar-refractivity contribution in [2.45, 2.75) is 19.9 Å². The van der Waals surface area contributed by atoms with E-state index in [0.717, 1.165) is 16.5 Å². The van der Waals surface area contributed by atoms with E-state index in [4.69, 9.17) is 16.0 Å². The van der Waals surface area contributed by atoms with Crippen LogP contribution in [0.2, 0.25) is 5.02 Å².